The normalized spacial score (nSPS) is 36.8. The van der Waals surface area contributed by atoms with Gasteiger partial charge in [-0.15, -0.1) is 0 Å². The van der Waals surface area contributed by atoms with E-state index < -0.39 is 0 Å². The highest BCUT2D eigenvalue weighted by molar-refractivity contribution is 5.36. The number of fused-ring (bicyclic) bond motifs is 1. The Balaban J connectivity index is 1.70. The molecule has 0 aromatic carbocycles. The SMILES string of the molecule is C=C1CC[C@@H](CF)C/C1=C/C=C1/CCC[C@]2(C)[C@@H]([C@H](C)CCCC(C)C)CC[C@@H]12. The zero-order valence-electron chi connectivity index (χ0n) is 19.6. The van der Waals surface area contributed by atoms with Crippen LogP contribution in [-0.2, 0) is 0 Å². The first-order chi connectivity index (χ1) is 13.8. The summed E-state index contributed by atoms with van der Waals surface area (Å²) in [6.07, 6.45) is 18.6. The van der Waals surface area contributed by atoms with E-state index in [-0.39, 0.29) is 12.6 Å². The molecule has 0 unspecified atom stereocenters. The molecule has 29 heavy (non-hydrogen) atoms. The van der Waals surface area contributed by atoms with E-state index in [9.17, 15) is 4.39 Å². The highest BCUT2D eigenvalue weighted by Crippen LogP contribution is 2.60. The minimum atomic E-state index is -0.182. The van der Waals surface area contributed by atoms with Crippen molar-refractivity contribution in [1.82, 2.24) is 0 Å². The zero-order chi connectivity index (χ0) is 21.0. The van der Waals surface area contributed by atoms with Crippen molar-refractivity contribution in [2.45, 2.75) is 98.3 Å². The molecule has 0 N–H and O–H groups in total. The third-order valence-electron chi connectivity index (χ3n) is 8.70. The first kappa shape index (κ1) is 22.8. The molecule has 0 radical (unpaired) electrons. The Morgan fingerprint density at radius 1 is 1.10 bits per heavy atom. The summed E-state index contributed by atoms with van der Waals surface area (Å²) in [4.78, 5) is 0. The van der Waals surface area contributed by atoms with E-state index in [0.29, 0.717) is 5.41 Å². The van der Waals surface area contributed by atoms with Gasteiger partial charge in [-0.2, -0.15) is 0 Å². The quantitative estimate of drug-likeness (QED) is 0.400. The lowest BCUT2D eigenvalue weighted by molar-refractivity contribution is 0.0929. The lowest BCUT2D eigenvalue weighted by atomic mass is 9.60. The molecule has 0 aromatic heterocycles. The Kier molecular flexibility index (Phi) is 7.85. The summed E-state index contributed by atoms with van der Waals surface area (Å²) in [6, 6.07) is 0. The van der Waals surface area contributed by atoms with Crippen LogP contribution in [0.15, 0.2) is 35.5 Å². The fraction of sp³-hybridized carbons (Fsp3) is 0.786. The molecule has 0 saturated heterocycles. The molecule has 0 aliphatic heterocycles. The molecule has 0 nitrogen and oxygen atoms in total. The van der Waals surface area contributed by atoms with Crippen LogP contribution in [-0.4, -0.2) is 6.67 Å². The van der Waals surface area contributed by atoms with Crippen LogP contribution in [0, 0.1) is 35.0 Å². The monoisotopic (exact) mass is 400 g/mol. The number of allylic oxidation sites excluding steroid dienone is 5. The molecule has 3 aliphatic carbocycles. The Bertz CT molecular complexity index is 624. The smallest absolute Gasteiger partial charge is 0.0925 e. The summed E-state index contributed by atoms with van der Waals surface area (Å²) in [6.45, 7) is 13.9. The van der Waals surface area contributed by atoms with Gasteiger partial charge in [-0.25, -0.2) is 0 Å². The average Bonchev–Trinajstić information content (AvgIpc) is 3.04. The molecule has 3 fully saturated rings. The van der Waals surface area contributed by atoms with Crippen LogP contribution < -0.4 is 0 Å². The zero-order valence-corrected chi connectivity index (χ0v) is 19.6. The van der Waals surface area contributed by atoms with Crippen LogP contribution in [0.3, 0.4) is 0 Å². The molecule has 0 aromatic rings. The van der Waals surface area contributed by atoms with Crippen LogP contribution in [0.1, 0.15) is 98.3 Å². The first-order valence-electron chi connectivity index (χ1n) is 12.5. The average molecular weight is 401 g/mol. The van der Waals surface area contributed by atoms with E-state index in [2.05, 4.69) is 46.4 Å². The molecule has 1 heteroatoms. The molecule has 3 rings (SSSR count). The van der Waals surface area contributed by atoms with E-state index in [1.807, 2.05) is 0 Å². The van der Waals surface area contributed by atoms with Gasteiger partial charge in [0.1, 0.15) is 0 Å². The van der Waals surface area contributed by atoms with Crippen molar-refractivity contribution >= 4 is 0 Å². The number of alkyl halides is 1. The summed E-state index contributed by atoms with van der Waals surface area (Å²) in [5.74, 6) is 3.54. The molecular weight excluding hydrogens is 355 g/mol. The van der Waals surface area contributed by atoms with Gasteiger partial charge in [-0.05, 0) is 91.9 Å². The number of rotatable bonds is 7. The van der Waals surface area contributed by atoms with Crippen molar-refractivity contribution in [2.75, 3.05) is 6.67 Å². The molecule has 0 heterocycles. The molecule has 5 atom stereocenters. The summed E-state index contributed by atoms with van der Waals surface area (Å²) in [5.41, 5.74) is 4.73. The van der Waals surface area contributed by atoms with Gasteiger partial charge in [0, 0.05) is 0 Å². The van der Waals surface area contributed by atoms with Crippen LogP contribution in [0.25, 0.3) is 0 Å². The van der Waals surface area contributed by atoms with Crippen LogP contribution in [0.5, 0.6) is 0 Å². The van der Waals surface area contributed by atoms with E-state index in [1.165, 1.54) is 62.5 Å². The summed E-state index contributed by atoms with van der Waals surface area (Å²) in [5, 5.41) is 0. The maximum atomic E-state index is 13.2. The Morgan fingerprint density at radius 2 is 1.90 bits per heavy atom. The summed E-state index contributed by atoms with van der Waals surface area (Å²) < 4.78 is 13.2. The van der Waals surface area contributed by atoms with Gasteiger partial charge < -0.3 is 0 Å². The number of hydrogen-bond donors (Lipinski definition) is 0. The van der Waals surface area contributed by atoms with Gasteiger partial charge in [0.25, 0.3) is 0 Å². The fourth-order valence-corrected chi connectivity index (χ4v) is 6.89. The second kappa shape index (κ2) is 9.97. The third kappa shape index (κ3) is 5.26. The third-order valence-corrected chi connectivity index (χ3v) is 8.70. The van der Waals surface area contributed by atoms with Gasteiger partial charge in [0.15, 0.2) is 0 Å². The predicted octanol–water partition coefficient (Wildman–Crippen LogP) is 8.84. The highest BCUT2D eigenvalue weighted by atomic mass is 19.1. The van der Waals surface area contributed by atoms with Crippen molar-refractivity contribution in [3.05, 3.63) is 35.5 Å². The van der Waals surface area contributed by atoms with Crippen molar-refractivity contribution in [3.63, 3.8) is 0 Å². The standard InChI is InChI=1S/C28H45F/c1-20(2)8-6-9-22(4)26-15-16-27-24(10-7-17-28(26,27)5)13-14-25-18-23(19-29)12-11-21(25)3/h13-14,20,22-23,26-27H,3,6-12,15-19H2,1-2,4-5H3/b24-13-,25-14-/t22-,23-,26-,27+,28-/m1/s1. The van der Waals surface area contributed by atoms with Crippen molar-refractivity contribution < 1.29 is 4.39 Å². The van der Waals surface area contributed by atoms with E-state index in [0.717, 1.165) is 42.9 Å². The molecule has 0 spiro atoms. The number of halogens is 1. The van der Waals surface area contributed by atoms with E-state index >= 15 is 0 Å². The maximum absolute atomic E-state index is 13.2. The summed E-state index contributed by atoms with van der Waals surface area (Å²) in [7, 11) is 0. The molecule has 3 saturated carbocycles. The van der Waals surface area contributed by atoms with Crippen LogP contribution in [0.2, 0.25) is 0 Å². The van der Waals surface area contributed by atoms with Gasteiger partial charge in [-0.3, -0.25) is 4.39 Å². The highest BCUT2D eigenvalue weighted by Gasteiger charge is 2.50. The maximum Gasteiger partial charge on any atom is 0.0925 e. The van der Waals surface area contributed by atoms with Crippen molar-refractivity contribution in [3.8, 4) is 0 Å². The minimum Gasteiger partial charge on any atom is -0.251 e. The van der Waals surface area contributed by atoms with Gasteiger partial charge >= 0.3 is 0 Å². The minimum absolute atomic E-state index is 0.182. The van der Waals surface area contributed by atoms with Gasteiger partial charge in [0.2, 0.25) is 0 Å². The molecular formula is C28H45F. The predicted molar refractivity (Wildman–Crippen MR) is 125 cm³/mol. The second-order valence-electron chi connectivity index (χ2n) is 11.2. The van der Waals surface area contributed by atoms with Gasteiger partial charge in [-0.1, -0.05) is 76.8 Å². The molecule has 3 aliphatic rings. The Hall–Kier alpha value is -0.850. The van der Waals surface area contributed by atoms with Crippen LogP contribution in [0.4, 0.5) is 4.39 Å². The molecule has 0 amide bonds. The molecule has 164 valence electrons. The fourth-order valence-electron chi connectivity index (χ4n) is 6.89. The second-order valence-corrected chi connectivity index (χ2v) is 11.2. The first-order valence-corrected chi connectivity index (χ1v) is 12.5. The van der Waals surface area contributed by atoms with Gasteiger partial charge in [0.05, 0.1) is 6.67 Å². The molecule has 0 bridgehead atoms. The van der Waals surface area contributed by atoms with Crippen LogP contribution >= 0.6 is 0 Å². The Labute approximate surface area is 180 Å². The summed E-state index contributed by atoms with van der Waals surface area (Å²) >= 11 is 0. The van der Waals surface area contributed by atoms with E-state index in [4.69, 9.17) is 0 Å². The lowest BCUT2D eigenvalue weighted by Crippen LogP contribution is -2.36. The lowest BCUT2D eigenvalue weighted by Gasteiger charge is -2.44. The largest absolute Gasteiger partial charge is 0.251 e. The van der Waals surface area contributed by atoms with E-state index in [1.54, 1.807) is 5.57 Å². The Morgan fingerprint density at radius 3 is 2.62 bits per heavy atom. The number of hydrogen-bond acceptors (Lipinski definition) is 0. The van der Waals surface area contributed by atoms with Crippen molar-refractivity contribution in [2.24, 2.45) is 35.0 Å². The topological polar surface area (TPSA) is 0 Å². The van der Waals surface area contributed by atoms with Crippen molar-refractivity contribution in [1.29, 1.82) is 0 Å².